The molecule has 4 rings (SSSR count). The van der Waals surface area contributed by atoms with Crippen molar-refractivity contribution in [1.82, 2.24) is 9.29 Å². The molecule has 1 aliphatic heterocycles. The highest BCUT2D eigenvalue weighted by atomic mass is 35.5. The van der Waals surface area contributed by atoms with Crippen LogP contribution in [0.5, 0.6) is 0 Å². The van der Waals surface area contributed by atoms with Gasteiger partial charge in [0.2, 0.25) is 10.0 Å². The molecule has 1 unspecified atom stereocenters. The molecular formula is C22H31ClN2O2S. The topological polar surface area (TPSA) is 50.3 Å². The highest BCUT2D eigenvalue weighted by Crippen LogP contribution is 2.31. The molecule has 0 radical (unpaired) electrons. The smallest absolute Gasteiger partial charge is 0.243 e. The van der Waals surface area contributed by atoms with E-state index in [4.69, 9.17) is 11.6 Å². The predicted molar refractivity (Wildman–Crippen MR) is 116 cm³/mol. The molecule has 28 heavy (non-hydrogen) atoms. The number of rotatable bonds is 2. The zero-order valence-electron chi connectivity index (χ0n) is 16.9. The minimum absolute atomic E-state index is 0.0383. The van der Waals surface area contributed by atoms with Crippen LogP contribution in [0.3, 0.4) is 0 Å². The van der Waals surface area contributed by atoms with Crippen molar-refractivity contribution in [3.8, 4) is 0 Å². The lowest BCUT2D eigenvalue weighted by Crippen LogP contribution is -2.41. The minimum atomic E-state index is -3.51. The van der Waals surface area contributed by atoms with Gasteiger partial charge in [0.15, 0.2) is 0 Å². The van der Waals surface area contributed by atoms with Crippen molar-refractivity contribution >= 4 is 32.4 Å². The van der Waals surface area contributed by atoms with Gasteiger partial charge in [0.25, 0.3) is 0 Å². The fourth-order valence-corrected chi connectivity index (χ4v) is 6.36. The van der Waals surface area contributed by atoms with Crippen LogP contribution in [0.4, 0.5) is 0 Å². The monoisotopic (exact) mass is 422 g/mol. The van der Waals surface area contributed by atoms with Crippen molar-refractivity contribution < 1.29 is 8.42 Å². The summed E-state index contributed by atoms with van der Waals surface area (Å²) in [6.07, 6.45) is 11.9. The minimum Gasteiger partial charge on any atom is -0.244 e. The lowest BCUT2D eigenvalue weighted by atomic mass is 9.91. The second-order valence-corrected chi connectivity index (χ2v) is 10.4. The summed E-state index contributed by atoms with van der Waals surface area (Å²) in [5.41, 5.74) is 0. The van der Waals surface area contributed by atoms with Crippen LogP contribution in [0.1, 0.15) is 65.2 Å². The zero-order chi connectivity index (χ0) is 20.1. The standard InChI is InChI=1S/C15H17ClN2O2S.C7H14/c1-11-5-2-3-10-18(11)21(19,20)14-7-4-6-13-12(14)8-9-17-15(13)16;1-7-5-3-2-4-6-7/h4,6-9,11H,2-3,5,10H2,1H3;7H,2-6H2,1H3. The molecule has 0 bridgehead atoms. The van der Waals surface area contributed by atoms with Crippen molar-refractivity contribution in [2.75, 3.05) is 6.54 Å². The van der Waals surface area contributed by atoms with Gasteiger partial charge in [-0.05, 0) is 37.8 Å². The summed E-state index contributed by atoms with van der Waals surface area (Å²) in [6, 6.07) is 6.91. The second kappa shape index (κ2) is 9.55. The van der Waals surface area contributed by atoms with Crippen molar-refractivity contribution in [3.05, 3.63) is 35.6 Å². The van der Waals surface area contributed by atoms with Crippen LogP contribution in [0.15, 0.2) is 35.4 Å². The largest absolute Gasteiger partial charge is 0.244 e. The molecule has 6 heteroatoms. The van der Waals surface area contributed by atoms with Crippen LogP contribution in [0.2, 0.25) is 5.15 Å². The van der Waals surface area contributed by atoms with Crippen molar-refractivity contribution in [1.29, 1.82) is 0 Å². The van der Waals surface area contributed by atoms with E-state index in [1.807, 2.05) is 6.92 Å². The first-order chi connectivity index (χ1) is 13.4. The van der Waals surface area contributed by atoms with E-state index in [0.717, 1.165) is 25.2 Å². The average molecular weight is 423 g/mol. The van der Waals surface area contributed by atoms with Gasteiger partial charge in [-0.2, -0.15) is 4.31 Å². The van der Waals surface area contributed by atoms with Crippen molar-refractivity contribution in [2.45, 2.75) is 76.2 Å². The zero-order valence-corrected chi connectivity index (χ0v) is 18.5. The molecule has 2 aromatic rings. The fraction of sp³-hybridized carbons (Fsp3) is 0.591. The molecule has 0 amide bonds. The molecular weight excluding hydrogens is 392 g/mol. The number of nitrogens with zero attached hydrogens (tertiary/aromatic N) is 2. The Kier molecular flexibility index (Phi) is 7.35. The molecule has 0 N–H and O–H groups in total. The SMILES string of the molecule is CC1CCCCC1.CC1CCCCN1S(=O)(=O)c1cccc2c(Cl)nccc12. The maximum atomic E-state index is 13.0. The number of benzene rings is 1. The number of halogens is 1. The Bertz CT molecular complexity index is 895. The number of sulfonamides is 1. The van der Waals surface area contributed by atoms with Gasteiger partial charge in [-0.3, -0.25) is 0 Å². The van der Waals surface area contributed by atoms with E-state index in [9.17, 15) is 8.42 Å². The van der Waals surface area contributed by atoms with Crippen LogP contribution in [0, 0.1) is 5.92 Å². The van der Waals surface area contributed by atoms with Gasteiger partial charge in [0.05, 0.1) is 4.90 Å². The van der Waals surface area contributed by atoms with Crippen molar-refractivity contribution in [3.63, 3.8) is 0 Å². The number of hydrogen-bond acceptors (Lipinski definition) is 3. The number of hydrogen-bond donors (Lipinski definition) is 0. The lowest BCUT2D eigenvalue weighted by Gasteiger charge is -2.32. The van der Waals surface area contributed by atoms with E-state index in [1.54, 1.807) is 34.8 Å². The van der Waals surface area contributed by atoms with Gasteiger partial charge in [-0.1, -0.05) is 69.2 Å². The molecule has 2 heterocycles. The first-order valence-corrected chi connectivity index (χ1v) is 12.3. The van der Waals surface area contributed by atoms with Gasteiger partial charge < -0.3 is 0 Å². The Balaban J connectivity index is 0.000000271. The van der Waals surface area contributed by atoms with Gasteiger partial charge in [0, 0.05) is 29.6 Å². The molecule has 1 aromatic heterocycles. The fourth-order valence-electron chi connectivity index (χ4n) is 4.23. The highest BCUT2D eigenvalue weighted by molar-refractivity contribution is 7.89. The molecule has 1 aliphatic carbocycles. The number of aromatic nitrogens is 1. The van der Waals surface area contributed by atoms with Crippen LogP contribution < -0.4 is 0 Å². The summed E-state index contributed by atoms with van der Waals surface area (Å²) in [5, 5.41) is 1.64. The van der Waals surface area contributed by atoms with E-state index >= 15 is 0 Å². The van der Waals surface area contributed by atoms with E-state index in [1.165, 1.54) is 32.1 Å². The quantitative estimate of drug-likeness (QED) is 0.554. The maximum Gasteiger partial charge on any atom is 0.243 e. The van der Waals surface area contributed by atoms with Gasteiger partial charge >= 0.3 is 0 Å². The lowest BCUT2D eigenvalue weighted by molar-refractivity contribution is 0.269. The number of piperidine rings is 1. The Morgan fingerprint density at radius 3 is 2.32 bits per heavy atom. The number of pyridine rings is 1. The third-order valence-electron chi connectivity index (χ3n) is 5.94. The van der Waals surface area contributed by atoms with Crippen LogP contribution in [0.25, 0.3) is 10.8 Å². The Morgan fingerprint density at radius 2 is 1.68 bits per heavy atom. The summed E-state index contributed by atoms with van der Waals surface area (Å²) in [7, 11) is -3.51. The summed E-state index contributed by atoms with van der Waals surface area (Å²) >= 11 is 6.07. The molecule has 1 atom stereocenters. The van der Waals surface area contributed by atoms with E-state index in [-0.39, 0.29) is 6.04 Å². The van der Waals surface area contributed by atoms with E-state index in [2.05, 4.69) is 11.9 Å². The predicted octanol–water partition coefficient (Wildman–Crippen LogP) is 6.04. The Labute approximate surface area is 174 Å². The van der Waals surface area contributed by atoms with Crippen molar-refractivity contribution in [2.24, 2.45) is 5.92 Å². The van der Waals surface area contributed by atoms with Gasteiger partial charge in [0.1, 0.15) is 5.15 Å². The summed E-state index contributed by atoms with van der Waals surface area (Å²) in [4.78, 5) is 4.33. The van der Waals surface area contributed by atoms with Crippen LogP contribution >= 0.6 is 11.6 Å². The normalized spacial score (nSPS) is 21.9. The molecule has 2 aliphatic rings. The van der Waals surface area contributed by atoms with E-state index < -0.39 is 10.0 Å². The molecule has 1 saturated heterocycles. The molecule has 1 aromatic carbocycles. The highest BCUT2D eigenvalue weighted by Gasteiger charge is 2.32. The molecule has 4 nitrogen and oxygen atoms in total. The first kappa shape index (κ1) is 21.5. The van der Waals surface area contributed by atoms with E-state index in [0.29, 0.717) is 27.4 Å². The third-order valence-corrected chi connectivity index (χ3v) is 8.31. The number of fused-ring (bicyclic) bond motifs is 1. The maximum absolute atomic E-state index is 13.0. The summed E-state index contributed by atoms with van der Waals surface area (Å²) < 4.78 is 27.6. The van der Waals surface area contributed by atoms with Gasteiger partial charge in [-0.15, -0.1) is 0 Å². The molecule has 154 valence electrons. The average Bonchev–Trinajstić information content (AvgIpc) is 2.69. The third kappa shape index (κ3) is 4.87. The molecule has 2 fully saturated rings. The van der Waals surface area contributed by atoms with Crippen LogP contribution in [-0.4, -0.2) is 30.3 Å². The first-order valence-electron chi connectivity index (χ1n) is 10.5. The second-order valence-electron chi connectivity index (χ2n) is 8.16. The molecule has 1 saturated carbocycles. The Hall–Kier alpha value is -1.17. The van der Waals surface area contributed by atoms with Crippen LogP contribution in [-0.2, 0) is 10.0 Å². The summed E-state index contributed by atoms with van der Waals surface area (Å²) in [6.45, 7) is 4.91. The molecule has 0 spiro atoms. The Morgan fingerprint density at radius 1 is 0.964 bits per heavy atom. The van der Waals surface area contributed by atoms with Gasteiger partial charge in [-0.25, -0.2) is 13.4 Å². The summed E-state index contributed by atoms with van der Waals surface area (Å²) in [5.74, 6) is 1.04.